The van der Waals surface area contributed by atoms with Crippen LogP contribution in [0.1, 0.15) is 29.9 Å². The Labute approximate surface area is 327 Å². The van der Waals surface area contributed by atoms with Crippen molar-refractivity contribution < 1.29 is 38.1 Å². The monoisotopic (exact) mass is 776 g/mol. The largest absolute Gasteiger partial charge is 0.504 e. The number of morpholine rings is 1. The number of phenols is 1. The maximum atomic E-state index is 15.3. The molecule has 4 amide bonds. The molecular weight excluding hydrogens is 739 g/mol. The Morgan fingerprint density at radius 1 is 0.857 bits per heavy atom. The van der Waals surface area contributed by atoms with E-state index in [0.717, 1.165) is 29.4 Å². The molecule has 2 aliphatic carbocycles. The zero-order chi connectivity index (χ0) is 38.9. The Morgan fingerprint density at radius 2 is 1.55 bits per heavy atom. The van der Waals surface area contributed by atoms with E-state index in [9.17, 15) is 23.9 Å². The van der Waals surface area contributed by atoms with Crippen LogP contribution in [-0.2, 0) is 29.3 Å². The summed E-state index contributed by atoms with van der Waals surface area (Å²) >= 11 is 6.39. The van der Waals surface area contributed by atoms with Gasteiger partial charge in [-0.15, -0.1) is 0 Å². The van der Waals surface area contributed by atoms with Crippen molar-refractivity contribution in [1.82, 2.24) is 5.01 Å². The van der Waals surface area contributed by atoms with E-state index < -0.39 is 52.6 Å². The van der Waals surface area contributed by atoms with E-state index >= 15 is 4.79 Å². The molecule has 0 unspecified atom stereocenters. The van der Waals surface area contributed by atoms with Crippen molar-refractivity contribution in [2.45, 2.75) is 24.2 Å². The van der Waals surface area contributed by atoms with Crippen LogP contribution < -0.4 is 20.0 Å². The molecule has 4 aromatic carbocycles. The third kappa shape index (κ3) is 5.48. The summed E-state index contributed by atoms with van der Waals surface area (Å²) in [6, 6.07) is 24.4. The molecule has 11 nitrogen and oxygen atoms in total. The van der Waals surface area contributed by atoms with Gasteiger partial charge in [0.15, 0.2) is 11.5 Å². The molecule has 4 fully saturated rings. The quantitative estimate of drug-likeness (QED) is 0.166. The summed E-state index contributed by atoms with van der Waals surface area (Å²) in [6.45, 7) is 2.73. The number of phenolic OH excluding ortho intramolecular Hbond substituents is 1. The van der Waals surface area contributed by atoms with Crippen molar-refractivity contribution in [2.24, 2.45) is 23.7 Å². The molecule has 3 saturated heterocycles. The molecule has 0 spiro atoms. The van der Waals surface area contributed by atoms with Gasteiger partial charge < -0.3 is 19.5 Å². The lowest BCUT2D eigenvalue weighted by molar-refractivity contribution is -0.138. The number of nitrogens with zero attached hydrogens (tertiary/aromatic N) is 3. The fourth-order valence-electron chi connectivity index (χ4n) is 9.79. The highest BCUT2D eigenvalue weighted by atomic mass is 35.5. The second-order valence-electron chi connectivity index (χ2n) is 14.9. The van der Waals surface area contributed by atoms with E-state index in [-0.39, 0.29) is 36.2 Å². The average Bonchev–Trinajstić information content (AvgIpc) is 3.60. The molecule has 4 aromatic rings. The van der Waals surface area contributed by atoms with E-state index in [1.807, 2.05) is 18.2 Å². The molecule has 286 valence electrons. The standard InChI is InChI=1S/C43H38ClFN4O7/c1-55-36-22-24(2-17-35(36)50)38-31-15-16-32-37(41(53)48(39(32)51)30-13-11-29(12-14-30)47-18-20-56-21-19-47)33(31)23-34-40(52)49(46-28-9-7-27(45)8-10-28)42(54)43(34,38)25-3-5-26(44)6-4-25/h2-15,17,22,32-34,37-38,46,50H,16,18-21,23H2,1H3/t32-,33+,34-,37-,38-,43+/m0/s1. The molecule has 1 saturated carbocycles. The topological polar surface area (TPSA) is 129 Å². The van der Waals surface area contributed by atoms with Crippen LogP contribution >= 0.6 is 11.6 Å². The van der Waals surface area contributed by atoms with Gasteiger partial charge in [0.1, 0.15) is 5.82 Å². The van der Waals surface area contributed by atoms with Gasteiger partial charge in [0, 0.05) is 29.7 Å². The van der Waals surface area contributed by atoms with Crippen molar-refractivity contribution in [3.8, 4) is 11.5 Å². The first-order chi connectivity index (χ1) is 27.1. The number of imide groups is 2. The number of allylic oxidation sites excluding steroid dienone is 2. The zero-order valence-electron chi connectivity index (χ0n) is 30.4. The van der Waals surface area contributed by atoms with E-state index in [0.29, 0.717) is 40.7 Å². The number of ether oxygens (including phenoxy) is 2. The Kier molecular flexibility index (Phi) is 8.85. The second-order valence-corrected chi connectivity index (χ2v) is 15.4. The van der Waals surface area contributed by atoms with Crippen LogP contribution in [0.2, 0.25) is 5.02 Å². The fraction of sp³-hybridized carbons (Fsp3) is 0.302. The number of hydrazine groups is 1. The molecule has 3 heterocycles. The first kappa shape index (κ1) is 35.9. The summed E-state index contributed by atoms with van der Waals surface area (Å²) in [7, 11) is 1.42. The summed E-state index contributed by atoms with van der Waals surface area (Å²) in [5.41, 5.74) is 5.01. The summed E-state index contributed by atoms with van der Waals surface area (Å²) < 4.78 is 25.0. The van der Waals surface area contributed by atoms with Crippen LogP contribution in [0.4, 0.5) is 21.5 Å². The molecule has 56 heavy (non-hydrogen) atoms. The molecule has 2 N–H and O–H groups in total. The average molecular weight is 777 g/mol. The van der Waals surface area contributed by atoms with Crippen LogP contribution in [0.5, 0.6) is 11.5 Å². The number of carbonyl (C=O) groups is 4. The molecule has 3 aliphatic heterocycles. The van der Waals surface area contributed by atoms with Crippen molar-refractivity contribution >= 4 is 52.3 Å². The highest BCUT2D eigenvalue weighted by Crippen LogP contribution is 2.64. The van der Waals surface area contributed by atoms with Gasteiger partial charge in [0.25, 0.3) is 11.8 Å². The van der Waals surface area contributed by atoms with Gasteiger partial charge in [-0.25, -0.2) is 4.39 Å². The zero-order valence-corrected chi connectivity index (χ0v) is 31.1. The van der Waals surface area contributed by atoms with E-state index in [1.165, 1.54) is 42.3 Å². The van der Waals surface area contributed by atoms with Crippen LogP contribution in [0.3, 0.4) is 0 Å². The Hall–Kier alpha value is -5.72. The van der Waals surface area contributed by atoms with Gasteiger partial charge in [-0.1, -0.05) is 41.4 Å². The number of aromatic hydroxyl groups is 1. The van der Waals surface area contributed by atoms with Crippen LogP contribution in [0, 0.1) is 29.5 Å². The number of methoxy groups -OCH3 is 1. The number of benzene rings is 4. The van der Waals surface area contributed by atoms with Crippen LogP contribution in [-0.4, -0.2) is 67.2 Å². The highest BCUT2D eigenvalue weighted by Gasteiger charge is 2.70. The first-order valence-electron chi connectivity index (χ1n) is 18.7. The second kappa shape index (κ2) is 13.8. The number of fused-ring (bicyclic) bond motifs is 4. The van der Waals surface area contributed by atoms with Crippen LogP contribution in [0.15, 0.2) is 103 Å². The van der Waals surface area contributed by atoms with Gasteiger partial charge in [0.2, 0.25) is 11.8 Å². The molecule has 6 atom stereocenters. The summed E-state index contributed by atoms with van der Waals surface area (Å²) in [6.07, 6.45) is 2.31. The molecule has 0 aromatic heterocycles. The predicted molar refractivity (Wildman–Crippen MR) is 206 cm³/mol. The highest BCUT2D eigenvalue weighted by molar-refractivity contribution is 6.30. The molecule has 13 heteroatoms. The Bertz CT molecular complexity index is 2280. The van der Waals surface area contributed by atoms with Gasteiger partial charge in [-0.3, -0.25) is 29.5 Å². The third-order valence-electron chi connectivity index (χ3n) is 12.3. The summed E-state index contributed by atoms with van der Waals surface area (Å²) in [4.78, 5) is 62.6. The number of nitrogens with one attached hydrogen (secondary N) is 1. The van der Waals surface area contributed by atoms with Gasteiger partial charge in [-0.05, 0) is 103 Å². The van der Waals surface area contributed by atoms with Crippen molar-refractivity contribution in [3.63, 3.8) is 0 Å². The number of hydrogen-bond donors (Lipinski definition) is 2. The third-order valence-corrected chi connectivity index (χ3v) is 12.5. The summed E-state index contributed by atoms with van der Waals surface area (Å²) in [5.74, 6) is -6.09. The molecular formula is C43H38ClFN4O7. The number of rotatable bonds is 7. The van der Waals surface area contributed by atoms with Crippen LogP contribution in [0.25, 0.3) is 0 Å². The Morgan fingerprint density at radius 3 is 2.25 bits per heavy atom. The van der Waals surface area contributed by atoms with Gasteiger partial charge in [-0.2, -0.15) is 5.01 Å². The Balaban J connectivity index is 1.17. The minimum absolute atomic E-state index is 0.0936. The number of hydrogen-bond acceptors (Lipinski definition) is 9. The van der Waals surface area contributed by atoms with Crippen molar-refractivity contribution in [2.75, 3.05) is 48.6 Å². The predicted octanol–water partition coefficient (Wildman–Crippen LogP) is 6.22. The maximum Gasteiger partial charge on any atom is 0.260 e. The number of anilines is 3. The van der Waals surface area contributed by atoms with Gasteiger partial charge in [0.05, 0.1) is 54.9 Å². The lowest BCUT2D eigenvalue weighted by Crippen LogP contribution is -2.53. The lowest BCUT2D eigenvalue weighted by atomic mass is 9.49. The number of halogens is 2. The minimum atomic E-state index is -1.56. The fourth-order valence-corrected chi connectivity index (χ4v) is 9.92. The van der Waals surface area contributed by atoms with Crippen molar-refractivity contribution in [1.29, 1.82) is 0 Å². The minimum Gasteiger partial charge on any atom is -0.504 e. The summed E-state index contributed by atoms with van der Waals surface area (Å²) in [5, 5.41) is 12.1. The van der Waals surface area contributed by atoms with Gasteiger partial charge >= 0.3 is 0 Å². The van der Waals surface area contributed by atoms with E-state index in [4.69, 9.17) is 21.1 Å². The van der Waals surface area contributed by atoms with Crippen molar-refractivity contribution in [3.05, 3.63) is 125 Å². The molecule has 0 radical (unpaired) electrons. The lowest BCUT2D eigenvalue weighted by Gasteiger charge is -2.50. The normalized spacial score (nSPS) is 27.2. The smallest absolute Gasteiger partial charge is 0.260 e. The number of carbonyl (C=O) groups excluding carboxylic acids is 4. The SMILES string of the molecule is COc1cc([C@H]2C3=CC[C@@H]4C(=O)N(c5ccc(N6CCOCC6)cc5)C(=O)[C@@H]4[C@@H]3C[C@H]3C(=O)N(Nc4ccc(F)cc4)C(=O)[C@@]23c2ccc(Cl)cc2)ccc1O. The first-order valence-corrected chi connectivity index (χ1v) is 19.0. The maximum absolute atomic E-state index is 15.3. The van der Waals surface area contributed by atoms with E-state index in [1.54, 1.807) is 48.5 Å². The molecule has 0 bridgehead atoms. The molecule has 5 aliphatic rings. The molecule has 9 rings (SSSR count). The number of amides is 4. The van der Waals surface area contributed by atoms with E-state index in [2.05, 4.69) is 10.3 Å².